The number of benzene rings is 2. The Morgan fingerprint density at radius 1 is 1.05 bits per heavy atom. The Morgan fingerprint density at radius 2 is 1.85 bits per heavy atom. The van der Waals surface area contributed by atoms with Crippen molar-refractivity contribution in [3.05, 3.63) is 58.6 Å². The summed E-state index contributed by atoms with van der Waals surface area (Å²) in [4.78, 5) is 11.8. The third-order valence-corrected chi connectivity index (χ3v) is 3.30. The first kappa shape index (κ1) is 14.4. The first-order valence-electron chi connectivity index (χ1n) is 6.41. The number of carbonyl (C=O) groups is 1. The van der Waals surface area contributed by atoms with E-state index in [9.17, 15) is 4.79 Å². The summed E-state index contributed by atoms with van der Waals surface area (Å²) in [5.74, 6) is -0.106. The Morgan fingerprint density at radius 3 is 2.55 bits per heavy atom. The lowest BCUT2D eigenvalue weighted by Gasteiger charge is -2.09. The van der Waals surface area contributed by atoms with Gasteiger partial charge in [0.25, 0.3) is 0 Å². The molecular weight excluding hydrogens is 272 g/mol. The molecule has 2 aromatic rings. The maximum atomic E-state index is 11.8. The second kappa shape index (κ2) is 6.44. The number of nitrogens with one attached hydrogen (secondary N) is 2. The zero-order valence-corrected chi connectivity index (χ0v) is 12.3. The second-order valence-electron chi connectivity index (χ2n) is 4.71. The summed E-state index contributed by atoms with van der Waals surface area (Å²) in [6, 6.07) is 13.1. The smallest absolute Gasteiger partial charge is 0.243 e. The van der Waals surface area contributed by atoms with Crippen molar-refractivity contribution in [3.63, 3.8) is 0 Å². The summed E-state index contributed by atoms with van der Waals surface area (Å²) >= 11 is 5.87. The summed E-state index contributed by atoms with van der Waals surface area (Å²) < 4.78 is 0. The molecule has 0 aromatic heterocycles. The monoisotopic (exact) mass is 288 g/mol. The molecule has 0 aliphatic rings. The van der Waals surface area contributed by atoms with Gasteiger partial charge in [-0.25, -0.2) is 0 Å². The van der Waals surface area contributed by atoms with Crippen molar-refractivity contribution in [2.45, 2.75) is 13.8 Å². The molecule has 0 bridgehead atoms. The molecule has 0 fully saturated rings. The molecule has 4 heteroatoms. The number of anilines is 2. The van der Waals surface area contributed by atoms with Crippen molar-refractivity contribution in [2.24, 2.45) is 0 Å². The van der Waals surface area contributed by atoms with Crippen molar-refractivity contribution < 1.29 is 4.79 Å². The van der Waals surface area contributed by atoms with Crippen LogP contribution in [-0.2, 0) is 4.79 Å². The third-order valence-electron chi connectivity index (χ3n) is 3.07. The number of carbonyl (C=O) groups excluding carboxylic acids is 1. The highest BCUT2D eigenvalue weighted by Gasteiger charge is 2.03. The molecule has 0 aliphatic carbocycles. The van der Waals surface area contributed by atoms with Crippen LogP contribution in [0, 0.1) is 13.8 Å². The number of hydrogen-bond acceptors (Lipinski definition) is 2. The van der Waals surface area contributed by atoms with Crippen LogP contribution in [0.2, 0.25) is 5.02 Å². The van der Waals surface area contributed by atoms with Gasteiger partial charge >= 0.3 is 0 Å². The van der Waals surface area contributed by atoms with E-state index in [0.29, 0.717) is 10.7 Å². The lowest BCUT2D eigenvalue weighted by Crippen LogP contribution is -2.21. The van der Waals surface area contributed by atoms with Crippen LogP contribution < -0.4 is 10.6 Å². The van der Waals surface area contributed by atoms with E-state index in [0.717, 1.165) is 5.69 Å². The van der Waals surface area contributed by atoms with E-state index < -0.39 is 0 Å². The van der Waals surface area contributed by atoms with E-state index in [1.807, 2.05) is 25.1 Å². The minimum atomic E-state index is -0.106. The van der Waals surface area contributed by atoms with Gasteiger partial charge in [-0.1, -0.05) is 23.7 Å². The van der Waals surface area contributed by atoms with Gasteiger partial charge in [0.2, 0.25) is 5.91 Å². The van der Waals surface area contributed by atoms with Crippen molar-refractivity contribution in [1.29, 1.82) is 0 Å². The van der Waals surface area contributed by atoms with E-state index in [1.165, 1.54) is 11.1 Å². The topological polar surface area (TPSA) is 41.1 Å². The summed E-state index contributed by atoms with van der Waals surface area (Å²) in [5, 5.41) is 6.50. The van der Waals surface area contributed by atoms with Gasteiger partial charge in [-0.2, -0.15) is 0 Å². The molecule has 0 heterocycles. The molecule has 0 aliphatic heterocycles. The SMILES string of the molecule is Cc1ccc(NCC(=O)Nc2cccc(Cl)c2)cc1C. The van der Waals surface area contributed by atoms with Gasteiger partial charge in [-0.3, -0.25) is 4.79 Å². The van der Waals surface area contributed by atoms with Crippen molar-refractivity contribution in [1.82, 2.24) is 0 Å². The van der Waals surface area contributed by atoms with Crippen molar-refractivity contribution >= 4 is 28.9 Å². The summed E-state index contributed by atoms with van der Waals surface area (Å²) in [6.07, 6.45) is 0. The second-order valence-corrected chi connectivity index (χ2v) is 5.15. The van der Waals surface area contributed by atoms with Crippen LogP contribution >= 0.6 is 11.6 Å². The van der Waals surface area contributed by atoms with Gasteiger partial charge in [0, 0.05) is 16.4 Å². The van der Waals surface area contributed by atoms with Crippen molar-refractivity contribution in [2.75, 3.05) is 17.2 Å². The average Bonchev–Trinajstić information content (AvgIpc) is 2.40. The fraction of sp³-hybridized carbons (Fsp3) is 0.188. The zero-order chi connectivity index (χ0) is 14.5. The lowest BCUT2D eigenvalue weighted by molar-refractivity contribution is -0.114. The van der Waals surface area contributed by atoms with Gasteiger partial charge in [0.15, 0.2) is 0 Å². The predicted octanol–water partition coefficient (Wildman–Crippen LogP) is 4.01. The zero-order valence-electron chi connectivity index (χ0n) is 11.5. The molecule has 2 aromatic carbocycles. The molecular formula is C16H17ClN2O. The highest BCUT2D eigenvalue weighted by atomic mass is 35.5. The molecule has 3 nitrogen and oxygen atoms in total. The van der Waals surface area contributed by atoms with Gasteiger partial charge in [0.05, 0.1) is 6.54 Å². The van der Waals surface area contributed by atoms with Crippen LogP contribution in [-0.4, -0.2) is 12.5 Å². The molecule has 2 rings (SSSR count). The quantitative estimate of drug-likeness (QED) is 0.892. The normalized spacial score (nSPS) is 10.2. The largest absolute Gasteiger partial charge is 0.376 e. The predicted molar refractivity (Wildman–Crippen MR) is 84.5 cm³/mol. The molecule has 20 heavy (non-hydrogen) atoms. The Kier molecular flexibility index (Phi) is 4.64. The van der Waals surface area contributed by atoms with Crippen LogP contribution in [0.1, 0.15) is 11.1 Å². The maximum Gasteiger partial charge on any atom is 0.243 e. The Hall–Kier alpha value is -2.00. The number of rotatable bonds is 4. The van der Waals surface area contributed by atoms with Crippen LogP contribution in [0.25, 0.3) is 0 Å². The molecule has 0 saturated heterocycles. The van der Waals surface area contributed by atoms with E-state index in [1.54, 1.807) is 24.3 Å². The van der Waals surface area contributed by atoms with Crippen LogP contribution in [0.3, 0.4) is 0 Å². The number of hydrogen-bond donors (Lipinski definition) is 2. The van der Waals surface area contributed by atoms with E-state index in [4.69, 9.17) is 11.6 Å². The van der Waals surface area contributed by atoms with E-state index in [2.05, 4.69) is 17.6 Å². The first-order chi connectivity index (χ1) is 9.54. The molecule has 0 unspecified atom stereocenters. The average molecular weight is 289 g/mol. The van der Waals surface area contributed by atoms with Crippen molar-refractivity contribution in [3.8, 4) is 0 Å². The van der Waals surface area contributed by atoms with Gasteiger partial charge < -0.3 is 10.6 Å². The summed E-state index contributed by atoms with van der Waals surface area (Å²) in [7, 11) is 0. The Balaban J connectivity index is 1.90. The number of amides is 1. The Bertz CT molecular complexity index is 626. The molecule has 1 amide bonds. The number of halogens is 1. The van der Waals surface area contributed by atoms with Gasteiger partial charge in [0.1, 0.15) is 0 Å². The van der Waals surface area contributed by atoms with Crippen LogP contribution in [0.15, 0.2) is 42.5 Å². The summed E-state index contributed by atoms with van der Waals surface area (Å²) in [5.41, 5.74) is 4.07. The van der Waals surface area contributed by atoms with E-state index >= 15 is 0 Å². The van der Waals surface area contributed by atoms with Gasteiger partial charge in [-0.15, -0.1) is 0 Å². The highest BCUT2D eigenvalue weighted by molar-refractivity contribution is 6.30. The molecule has 2 N–H and O–H groups in total. The van der Waals surface area contributed by atoms with Crippen LogP contribution in [0.4, 0.5) is 11.4 Å². The minimum Gasteiger partial charge on any atom is -0.376 e. The maximum absolute atomic E-state index is 11.8. The lowest BCUT2D eigenvalue weighted by atomic mass is 10.1. The highest BCUT2D eigenvalue weighted by Crippen LogP contribution is 2.16. The molecule has 0 atom stereocenters. The molecule has 0 spiro atoms. The molecule has 104 valence electrons. The summed E-state index contributed by atoms with van der Waals surface area (Å²) in [6.45, 7) is 4.33. The third kappa shape index (κ3) is 4.00. The molecule has 0 radical (unpaired) electrons. The van der Waals surface area contributed by atoms with Gasteiger partial charge in [-0.05, 0) is 55.3 Å². The Labute approximate surface area is 124 Å². The minimum absolute atomic E-state index is 0.106. The van der Waals surface area contributed by atoms with E-state index in [-0.39, 0.29) is 12.5 Å². The first-order valence-corrected chi connectivity index (χ1v) is 6.79. The fourth-order valence-electron chi connectivity index (χ4n) is 1.81. The fourth-order valence-corrected chi connectivity index (χ4v) is 2.00. The number of aryl methyl sites for hydroxylation is 2. The standard InChI is InChI=1S/C16H17ClN2O/c1-11-6-7-14(8-12(11)2)18-10-16(20)19-15-5-3-4-13(17)9-15/h3-9,18H,10H2,1-2H3,(H,19,20). The molecule has 0 saturated carbocycles. The van der Waals surface area contributed by atoms with Crippen LogP contribution in [0.5, 0.6) is 0 Å².